The van der Waals surface area contributed by atoms with Gasteiger partial charge in [-0.3, -0.25) is 0 Å². The second kappa shape index (κ2) is 5.13. The fourth-order valence-electron chi connectivity index (χ4n) is 1.09. The van der Waals surface area contributed by atoms with Gasteiger partial charge in [0.25, 0.3) is 0 Å². The lowest BCUT2D eigenvalue weighted by Gasteiger charge is -2.08. The van der Waals surface area contributed by atoms with Crippen LogP contribution in [-0.2, 0) is 0 Å². The average Bonchev–Trinajstić information content (AvgIpc) is 2.18. The third kappa shape index (κ3) is 3.41. The molecule has 0 saturated carbocycles. The van der Waals surface area contributed by atoms with Gasteiger partial charge in [0.15, 0.2) is 15.7 Å². The molecule has 1 aromatic carbocycles. The highest BCUT2D eigenvalue weighted by atomic mass is 16.3. The number of phenolic OH excluding ortho intramolecular Hbond substituents is 1. The highest BCUT2D eigenvalue weighted by molar-refractivity contribution is 6.32. The van der Waals surface area contributed by atoms with E-state index in [0.717, 1.165) is 16.9 Å². The molecule has 0 spiro atoms. The number of nitrogens with one attached hydrogen (secondary N) is 1. The number of benzene rings is 1. The van der Waals surface area contributed by atoms with E-state index in [4.69, 9.17) is 0 Å². The monoisotopic (exact) mass is 198 g/mol. The minimum absolute atomic E-state index is 0.234. The number of anilines is 1. The summed E-state index contributed by atoms with van der Waals surface area (Å²) in [6.45, 7) is 3.41. The first kappa shape index (κ1) is 11.2. The van der Waals surface area contributed by atoms with Crippen molar-refractivity contribution in [2.45, 2.75) is 0 Å². The maximum absolute atomic E-state index is 9.27. The maximum Gasteiger partial charge on any atom is 0.166 e. The van der Waals surface area contributed by atoms with E-state index in [2.05, 4.69) is 22.8 Å². The molecule has 0 fully saturated rings. The fourth-order valence-corrected chi connectivity index (χ4v) is 1.09. The first-order chi connectivity index (χ1) is 7.13. The van der Waals surface area contributed by atoms with Gasteiger partial charge < -0.3 is 10.4 Å². The molecule has 3 nitrogen and oxygen atoms in total. The van der Waals surface area contributed by atoms with Gasteiger partial charge in [-0.15, -0.1) is 0 Å². The van der Waals surface area contributed by atoms with E-state index in [1.54, 1.807) is 18.2 Å². The van der Waals surface area contributed by atoms with Crippen LogP contribution in [0.1, 0.15) is 0 Å². The third-order valence-corrected chi connectivity index (χ3v) is 1.97. The van der Waals surface area contributed by atoms with Crippen molar-refractivity contribution in [3.05, 3.63) is 42.0 Å². The van der Waals surface area contributed by atoms with E-state index in [0.29, 0.717) is 0 Å². The van der Waals surface area contributed by atoms with Gasteiger partial charge in [-0.1, -0.05) is 6.07 Å². The van der Waals surface area contributed by atoms with Crippen LogP contribution in [0.5, 0.6) is 5.75 Å². The molecule has 15 heavy (non-hydrogen) atoms. The molecule has 0 aromatic heterocycles. The van der Waals surface area contributed by atoms with E-state index < -0.39 is 0 Å². The maximum atomic E-state index is 9.27. The Morgan fingerprint density at radius 1 is 1.47 bits per heavy atom. The quantitative estimate of drug-likeness (QED) is 0.532. The van der Waals surface area contributed by atoms with Gasteiger partial charge in [0, 0.05) is 17.4 Å². The molecule has 0 aliphatic carbocycles. The molecule has 1 rings (SSSR count). The second-order valence-corrected chi connectivity index (χ2v) is 3.16. The van der Waals surface area contributed by atoms with E-state index in [-0.39, 0.29) is 5.75 Å². The number of hydrogen-bond donors (Lipinski definition) is 2. The molecule has 0 aliphatic rings. The second-order valence-electron chi connectivity index (χ2n) is 3.16. The van der Waals surface area contributed by atoms with Crippen molar-refractivity contribution in [1.82, 2.24) is 0 Å². The van der Waals surface area contributed by atoms with E-state index in [1.807, 2.05) is 21.8 Å². The summed E-state index contributed by atoms with van der Waals surface area (Å²) < 4.78 is 0. The summed E-state index contributed by atoms with van der Waals surface area (Å²) in [5, 5.41) is 12.4. The molecule has 0 radical (unpaired) electrons. The number of hydrogen-bond acceptors (Lipinski definition) is 3. The van der Waals surface area contributed by atoms with E-state index >= 15 is 0 Å². The van der Waals surface area contributed by atoms with E-state index in [9.17, 15) is 5.11 Å². The standard InChI is InChI=1S/C10H12B2N2O/c1-2-13-9(11)10(12)14-7-4-3-5-8(15)6-7/h3-6,14-15H,1,11-12H2/b10-9-. The molecule has 5 heteroatoms. The Balaban J connectivity index is 2.87. The highest BCUT2D eigenvalue weighted by Crippen LogP contribution is 2.16. The van der Waals surface area contributed by atoms with E-state index in [1.165, 1.54) is 0 Å². The molecule has 0 aliphatic heterocycles. The van der Waals surface area contributed by atoms with Crippen LogP contribution in [0.2, 0.25) is 0 Å². The Kier molecular flexibility index (Phi) is 3.83. The number of aliphatic imine (C=N–C) groups is 1. The summed E-state index contributed by atoms with van der Waals surface area (Å²) in [6, 6.07) is 6.92. The van der Waals surface area contributed by atoms with Gasteiger partial charge >= 0.3 is 0 Å². The molecule has 2 N–H and O–H groups in total. The van der Waals surface area contributed by atoms with Crippen LogP contribution in [0.4, 0.5) is 5.69 Å². The van der Waals surface area contributed by atoms with Crippen LogP contribution in [0.25, 0.3) is 0 Å². The molecule has 0 atom stereocenters. The lowest BCUT2D eigenvalue weighted by atomic mass is 9.91. The van der Waals surface area contributed by atoms with Crippen molar-refractivity contribution in [1.29, 1.82) is 0 Å². The van der Waals surface area contributed by atoms with Crippen LogP contribution in [0.15, 0.2) is 47.0 Å². The third-order valence-electron chi connectivity index (χ3n) is 1.97. The topological polar surface area (TPSA) is 44.6 Å². The van der Waals surface area contributed by atoms with Gasteiger partial charge in [0.05, 0.1) is 0 Å². The molecule has 0 heterocycles. The number of aromatic hydroxyl groups is 1. The van der Waals surface area contributed by atoms with Crippen molar-refractivity contribution in [2.24, 2.45) is 4.99 Å². The van der Waals surface area contributed by atoms with Crippen molar-refractivity contribution in [3.63, 3.8) is 0 Å². The Morgan fingerprint density at radius 3 is 2.80 bits per heavy atom. The van der Waals surface area contributed by atoms with Gasteiger partial charge in [-0.25, -0.2) is 4.99 Å². The normalized spacial score (nSPS) is 11.2. The van der Waals surface area contributed by atoms with Crippen LogP contribution >= 0.6 is 0 Å². The first-order valence-corrected chi connectivity index (χ1v) is 4.60. The lowest BCUT2D eigenvalue weighted by molar-refractivity contribution is 0.475. The minimum Gasteiger partial charge on any atom is -0.508 e. The van der Waals surface area contributed by atoms with Crippen molar-refractivity contribution in [2.75, 3.05) is 5.32 Å². The van der Waals surface area contributed by atoms with Gasteiger partial charge in [0.2, 0.25) is 0 Å². The lowest BCUT2D eigenvalue weighted by Crippen LogP contribution is -2.02. The molecule has 74 valence electrons. The molecule has 0 bridgehead atoms. The van der Waals surface area contributed by atoms with Crippen molar-refractivity contribution < 1.29 is 5.11 Å². The summed E-state index contributed by atoms with van der Waals surface area (Å²) in [5.74, 6) is 2.71. The van der Waals surface area contributed by atoms with Gasteiger partial charge in [-0.2, -0.15) is 0 Å². The predicted octanol–water partition coefficient (Wildman–Crippen LogP) is 0.0526. The van der Waals surface area contributed by atoms with Crippen LogP contribution in [0, 0.1) is 0 Å². The smallest absolute Gasteiger partial charge is 0.166 e. The molecule has 1 aromatic rings. The van der Waals surface area contributed by atoms with Crippen molar-refractivity contribution in [3.8, 4) is 5.75 Å². The summed E-state index contributed by atoms with van der Waals surface area (Å²) in [4.78, 5) is 3.94. The molecular weight excluding hydrogens is 186 g/mol. The fraction of sp³-hybridized carbons (Fsp3) is 0. The van der Waals surface area contributed by atoms with Crippen LogP contribution < -0.4 is 5.32 Å². The first-order valence-electron chi connectivity index (χ1n) is 4.60. The largest absolute Gasteiger partial charge is 0.508 e. The Bertz CT molecular complexity index is 437. The highest BCUT2D eigenvalue weighted by Gasteiger charge is 1.97. The van der Waals surface area contributed by atoms with Crippen molar-refractivity contribution >= 4 is 27.2 Å². The van der Waals surface area contributed by atoms with Crippen LogP contribution in [-0.4, -0.2) is 26.7 Å². The number of phenols is 1. The summed E-state index contributed by atoms with van der Waals surface area (Å²) in [5.41, 5.74) is 2.54. The molecule has 0 saturated heterocycles. The zero-order valence-electron chi connectivity index (χ0n) is 8.91. The van der Waals surface area contributed by atoms with Crippen LogP contribution in [0.3, 0.4) is 0 Å². The predicted molar refractivity (Wildman–Crippen MR) is 68.9 cm³/mol. The molecule has 0 unspecified atom stereocenters. The number of rotatable bonds is 3. The zero-order chi connectivity index (χ0) is 11.3. The van der Waals surface area contributed by atoms with Gasteiger partial charge in [-0.05, 0) is 30.2 Å². The zero-order valence-corrected chi connectivity index (χ0v) is 8.91. The summed E-state index contributed by atoms with van der Waals surface area (Å²) in [6.07, 6.45) is 0. The van der Waals surface area contributed by atoms with Gasteiger partial charge in [0.1, 0.15) is 5.75 Å². The minimum atomic E-state index is 0.234. The number of nitrogens with zero attached hydrogens (tertiary/aromatic N) is 1. The SMILES string of the molecule is B/C(N=C=C)=C(\B)Nc1cccc(O)c1. The Labute approximate surface area is 91.1 Å². The summed E-state index contributed by atoms with van der Waals surface area (Å²) >= 11 is 0. The average molecular weight is 198 g/mol. The Hall–Kier alpha value is -1.86. The molecule has 0 amide bonds. The molecular formula is C10H12B2N2O. The summed E-state index contributed by atoms with van der Waals surface area (Å²) in [7, 11) is 3.77. The Morgan fingerprint density at radius 2 is 2.20 bits per heavy atom.